The van der Waals surface area contributed by atoms with Gasteiger partial charge in [-0.1, -0.05) is 26.2 Å². The molecule has 4 nitrogen and oxygen atoms in total. The molecule has 1 rings (SSSR count). The van der Waals surface area contributed by atoms with Gasteiger partial charge < -0.3 is 15.8 Å². The molecule has 0 radical (unpaired) electrons. The fourth-order valence-electron chi connectivity index (χ4n) is 2.52. The number of amides is 1. The first-order valence-corrected chi connectivity index (χ1v) is 7.54. The van der Waals surface area contributed by atoms with E-state index in [2.05, 4.69) is 12.2 Å². The topological polar surface area (TPSA) is 64.3 Å². The summed E-state index contributed by atoms with van der Waals surface area (Å²) in [7, 11) is 0. The fraction of sp³-hybridized carbons (Fsp3) is 0.933. The molecule has 112 valence electrons. The largest absolute Gasteiger partial charge is 0.361 e. The molecule has 0 heterocycles. The maximum atomic E-state index is 12.2. The van der Waals surface area contributed by atoms with Crippen LogP contribution in [0.1, 0.15) is 66.2 Å². The second-order valence-corrected chi connectivity index (χ2v) is 6.43. The Morgan fingerprint density at radius 2 is 1.95 bits per heavy atom. The molecule has 1 atom stereocenters. The molecule has 0 aromatic carbocycles. The number of carbonyl (C=O) groups is 1. The Morgan fingerprint density at radius 1 is 1.37 bits per heavy atom. The van der Waals surface area contributed by atoms with Crippen LogP contribution in [0.25, 0.3) is 0 Å². The minimum absolute atomic E-state index is 0.0368. The van der Waals surface area contributed by atoms with Gasteiger partial charge in [-0.05, 0) is 40.0 Å². The zero-order valence-electron chi connectivity index (χ0n) is 12.9. The standard InChI is InChI=1S/C15H30N2O2/c1-5-14(3,4)17-13(18)12(2)19-15(11-16)9-7-6-8-10-15/h12H,5-11,16H2,1-4H3,(H,17,18). The van der Waals surface area contributed by atoms with E-state index < -0.39 is 6.10 Å². The summed E-state index contributed by atoms with van der Waals surface area (Å²) >= 11 is 0. The first-order chi connectivity index (χ1) is 8.84. The van der Waals surface area contributed by atoms with Gasteiger partial charge in [-0.25, -0.2) is 0 Å². The smallest absolute Gasteiger partial charge is 0.249 e. The average molecular weight is 270 g/mol. The van der Waals surface area contributed by atoms with Crippen LogP contribution < -0.4 is 11.1 Å². The van der Waals surface area contributed by atoms with E-state index in [1.54, 1.807) is 0 Å². The highest BCUT2D eigenvalue weighted by Gasteiger charge is 2.35. The molecule has 0 spiro atoms. The van der Waals surface area contributed by atoms with Gasteiger partial charge in [0, 0.05) is 12.1 Å². The Hall–Kier alpha value is -0.610. The van der Waals surface area contributed by atoms with Crippen molar-refractivity contribution in [2.75, 3.05) is 6.54 Å². The lowest BCUT2D eigenvalue weighted by atomic mass is 9.84. The highest BCUT2D eigenvalue weighted by molar-refractivity contribution is 5.81. The van der Waals surface area contributed by atoms with Crippen LogP contribution in [0, 0.1) is 0 Å². The highest BCUT2D eigenvalue weighted by Crippen LogP contribution is 2.31. The third-order valence-electron chi connectivity index (χ3n) is 4.28. The van der Waals surface area contributed by atoms with E-state index in [0.717, 1.165) is 32.1 Å². The minimum Gasteiger partial charge on any atom is -0.361 e. The van der Waals surface area contributed by atoms with Gasteiger partial charge in [-0.2, -0.15) is 0 Å². The fourth-order valence-corrected chi connectivity index (χ4v) is 2.52. The van der Waals surface area contributed by atoms with Gasteiger partial charge in [0.15, 0.2) is 0 Å². The number of nitrogens with two attached hydrogens (primary N) is 1. The summed E-state index contributed by atoms with van der Waals surface area (Å²) in [6, 6.07) is 0. The van der Waals surface area contributed by atoms with Crippen molar-refractivity contribution in [2.24, 2.45) is 5.73 Å². The van der Waals surface area contributed by atoms with Crippen LogP contribution in [0.3, 0.4) is 0 Å². The molecule has 0 aromatic rings. The molecule has 1 unspecified atom stereocenters. The summed E-state index contributed by atoms with van der Waals surface area (Å²) in [5.74, 6) is -0.0368. The van der Waals surface area contributed by atoms with Crippen molar-refractivity contribution in [3.63, 3.8) is 0 Å². The molecule has 3 N–H and O–H groups in total. The Kier molecular flexibility index (Phi) is 5.81. The number of ether oxygens (including phenoxy) is 1. The molecule has 1 fully saturated rings. The Morgan fingerprint density at radius 3 is 2.42 bits per heavy atom. The van der Waals surface area contributed by atoms with Crippen LogP contribution in [0.5, 0.6) is 0 Å². The molecule has 0 saturated heterocycles. The second-order valence-electron chi connectivity index (χ2n) is 6.43. The van der Waals surface area contributed by atoms with Crippen LogP contribution in [0.2, 0.25) is 0 Å². The van der Waals surface area contributed by atoms with E-state index in [0.29, 0.717) is 6.54 Å². The summed E-state index contributed by atoms with van der Waals surface area (Å²) in [4.78, 5) is 12.2. The minimum atomic E-state index is -0.438. The van der Waals surface area contributed by atoms with Crippen LogP contribution in [-0.2, 0) is 9.53 Å². The SMILES string of the molecule is CCC(C)(C)NC(=O)C(C)OC1(CN)CCCCC1. The maximum Gasteiger partial charge on any atom is 0.249 e. The van der Waals surface area contributed by atoms with E-state index in [9.17, 15) is 4.79 Å². The predicted octanol–water partition coefficient (Wildman–Crippen LogP) is 2.36. The quantitative estimate of drug-likeness (QED) is 0.778. The lowest BCUT2D eigenvalue weighted by molar-refractivity contribution is -0.150. The Balaban J connectivity index is 2.57. The van der Waals surface area contributed by atoms with Crippen LogP contribution in [0.4, 0.5) is 0 Å². The third-order valence-corrected chi connectivity index (χ3v) is 4.28. The van der Waals surface area contributed by atoms with Gasteiger partial charge in [0.25, 0.3) is 0 Å². The molecule has 1 aliphatic carbocycles. The first-order valence-electron chi connectivity index (χ1n) is 7.54. The molecular formula is C15H30N2O2. The van der Waals surface area contributed by atoms with Crippen molar-refractivity contribution in [3.8, 4) is 0 Å². The molecular weight excluding hydrogens is 240 g/mol. The predicted molar refractivity (Wildman–Crippen MR) is 77.9 cm³/mol. The number of carbonyl (C=O) groups excluding carboxylic acids is 1. The van der Waals surface area contributed by atoms with Gasteiger partial charge in [0.2, 0.25) is 5.91 Å². The van der Waals surface area contributed by atoms with Crippen LogP contribution >= 0.6 is 0 Å². The summed E-state index contributed by atoms with van der Waals surface area (Å²) in [6.07, 6.45) is 5.93. The van der Waals surface area contributed by atoms with Crippen molar-refractivity contribution in [2.45, 2.75) is 83.5 Å². The van der Waals surface area contributed by atoms with Crippen molar-refractivity contribution >= 4 is 5.91 Å². The summed E-state index contributed by atoms with van der Waals surface area (Å²) < 4.78 is 6.04. The average Bonchev–Trinajstić information content (AvgIpc) is 2.39. The van der Waals surface area contributed by atoms with E-state index in [1.165, 1.54) is 6.42 Å². The summed E-state index contributed by atoms with van der Waals surface area (Å²) in [6.45, 7) is 8.44. The van der Waals surface area contributed by atoms with Crippen LogP contribution in [0.15, 0.2) is 0 Å². The Labute approximate surface area is 117 Å². The van der Waals surface area contributed by atoms with E-state index in [1.807, 2.05) is 20.8 Å². The zero-order valence-corrected chi connectivity index (χ0v) is 12.9. The Bertz CT molecular complexity index is 297. The monoisotopic (exact) mass is 270 g/mol. The lowest BCUT2D eigenvalue weighted by Crippen LogP contribution is -2.52. The van der Waals surface area contributed by atoms with Gasteiger partial charge in [0.1, 0.15) is 6.10 Å². The zero-order chi connectivity index (χ0) is 14.5. The highest BCUT2D eigenvalue weighted by atomic mass is 16.5. The third kappa shape index (κ3) is 4.77. The van der Waals surface area contributed by atoms with Crippen molar-refractivity contribution < 1.29 is 9.53 Å². The molecule has 0 aliphatic heterocycles. The molecule has 4 heteroatoms. The van der Waals surface area contributed by atoms with Crippen LogP contribution in [-0.4, -0.2) is 29.7 Å². The lowest BCUT2D eigenvalue weighted by Gasteiger charge is -2.38. The van der Waals surface area contributed by atoms with Crippen molar-refractivity contribution in [3.05, 3.63) is 0 Å². The number of rotatable bonds is 6. The molecule has 0 aromatic heterocycles. The van der Waals surface area contributed by atoms with Gasteiger partial charge in [-0.3, -0.25) is 4.79 Å². The summed E-state index contributed by atoms with van der Waals surface area (Å²) in [5, 5.41) is 3.03. The van der Waals surface area contributed by atoms with Crippen molar-refractivity contribution in [1.82, 2.24) is 5.32 Å². The number of nitrogens with one attached hydrogen (secondary N) is 1. The molecule has 1 saturated carbocycles. The molecule has 0 bridgehead atoms. The number of hydrogen-bond donors (Lipinski definition) is 2. The number of hydrogen-bond acceptors (Lipinski definition) is 3. The van der Waals surface area contributed by atoms with Gasteiger partial charge in [0.05, 0.1) is 5.60 Å². The van der Waals surface area contributed by atoms with Gasteiger partial charge in [-0.15, -0.1) is 0 Å². The molecule has 1 aliphatic rings. The van der Waals surface area contributed by atoms with E-state index in [-0.39, 0.29) is 17.0 Å². The first kappa shape index (κ1) is 16.4. The van der Waals surface area contributed by atoms with Crippen molar-refractivity contribution in [1.29, 1.82) is 0 Å². The molecule has 1 amide bonds. The van der Waals surface area contributed by atoms with E-state index in [4.69, 9.17) is 10.5 Å². The van der Waals surface area contributed by atoms with Gasteiger partial charge >= 0.3 is 0 Å². The maximum absolute atomic E-state index is 12.2. The second kappa shape index (κ2) is 6.71. The summed E-state index contributed by atoms with van der Waals surface area (Å²) in [5.41, 5.74) is 5.41. The molecule has 19 heavy (non-hydrogen) atoms. The normalized spacial score (nSPS) is 20.9. The van der Waals surface area contributed by atoms with E-state index >= 15 is 0 Å².